The summed E-state index contributed by atoms with van der Waals surface area (Å²) in [5, 5.41) is 12.6. The van der Waals surface area contributed by atoms with Gasteiger partial charge >= 0.3 is 0 Å². The smallest absolute Gasteiger partial charge is 0.144 e. The molecule has 1 N–H and O–H groups in total. The first-order valence-electron chi connectivity index (χ1n) is 7.14. The molecule has 2 heterocycles. The number of pyridine rings is 1. The van der Waals surface area contributed by atoms with E-state index in [-0.39, 0.29) is 0 Å². The van der Waals surface area contributed by atoms with Crippen LogP contribution in [0.15, 0.2) is 18.3 Å². The largest absolute Gasteiger partial charge is 0.315 e. The molecule has 4 nitrogen and oxygen atoms in total. The normalized spacial score (nSPS) is 20.1. The molecule has 1 aliphatic heterocycles. The van der Waals surface area contributed by atoms with Crippen molar-refractivity contribution in [2.45, 2.75) is 38.8 Å². The molecule has 1 atom stereocenters. The van der Waals surface area contributed by atoms with Gasteiger partial charge in [0.05, 0.1) is 0 Å². The third-order valence-electron chi connectivity index (χ3n) is 3.75. The topological polar surface area (TPSA) is 52.0 Å². The monoisotopic (exact) mass is 258 g/mol. The molecule has 19 heavy (non-hydrogen) atoms. The Bertz CT molecular complexity index is 438. The van der Waals surface area contributed by atoms with E-state index >= 15 is 0 Å². The van der Waals surface area contributed by atoms with Crippen molar-refractivity contribution in [1.29, 1.82) is 5.26 Å². The van der Waals surface area contributed by atoms with Gasteiger partial charge in [0.1, 0.15) is 11.8 Å². The van der Waals surface area contributed by atoms with E-state index < -0.39 is 0 Å². The zero-order valence-electron chi connectivity index (χ0n) is 11.6. The Balaban J connectivity index is 2.04. The highest BCUT2D eigenvalue weighted by atomic mass is 15.2. The van der Waals surface area contributed by atoms with E-state index in [0.717, 1.165) is 31.7 Å². The van der Waals surface area contributed by atoms with Crippen LogP contribution in [0.3, 0.4) is 0 Å². The van der Waals surface area contributed by atoms with Gasteiger partial charge in [-0.05, 0) is 32.0 Å². The molecule has 1 saturated heterocycles. The van der Waals surface area contributed by atoms with Crippen molar-refractivity contribution < 1.29 is 0 Å². The third-order valence-corrected chi connectivity index (χ3v) is 3.75. The number of hydrogen-bond acceptors (Lipinski definition) is 4. The minimum atomic E-state index is 0.565. The fourth-order valence-electron chi connectivity index (χ4n) is 2.70. The van der Waals surface area contributed by atoms with Crippen molar-refractivity contribution >= 4 is 0 Å². The quantitative estimate of drug-likeness (QED) is 0.876. The summed E-state index contributed by atoms with van der Waals surface area (Å²) in [5.74, 6) is 0. The lowest BCUT2D eigenvalue weighted by Crippen LogP contribution is -2.45. The fraction of sp³-hybridized carbons (Fsp3) is 0.600. The number of aromatic nitrogens is 1. The number of hydrogen-bond donors (Lipinski definition) is 1. The minimum absolute atomic E-state index is 0.565. The summed E-state index contributed by atoms with van der Waals surface area (Å²) >= 11 is 0. The van der Waals surface area contributed by atoms with Crippen molar-refractivity contribution in [3.8, 4) is 6.07 Å². The van der Waals surface area contributed by atoms with Gasteiger partial charge in [0.2, 0.25) is 0 Å². The van der Waals surface area contributed by atoms with Gasteiger partial charge < -0.3 is 5.32 Å². The molecule has 0 amide bonds. The van der Waals surface area contributed by atoms with Crippen molar-refractivity contribution in [3.63, 3.8) is 0 Å². The van der Waals surface area contributed by atoms with E-state index in [1.165, 1.54) is 19.3 Å². The molecule has 2 rings (SSSR count). The van der Waals surface area contributed by atoms with Crippen LogP contribution >= 0.6 is 0 Å². The van der Waals surface area contributed by atoms with E-state index in [4.69, 9.17) is 5.26 Å². The number of rotatable bonds is 5. The van der Waals surface area contributed by atoms with Gasteiger partial charge in [0.15, 0.2) is 0 Å². The number of nitriles is 1. The van der Waals surface area contributed by atoms with Crippen LogP contribution in [0.25, 0.3) is 0 Å². The summed E-state index contributed by atoms with van der Waals surface area (Å²) in [5.41, 5.74) is 1.61. The SMILES string of the molecule is CCNCC1CCCCN1Cc1cccnc1C#N. The van der Waals surface area contributed by atoms with Crippen LogP contribution in [-0.4, -0.2) is 35.6 Å². The first kappa shape index (κ1) is 14.0. The summed E-state index contributed by atoms with van der Waals surface area (Å²) < 4.78 is 0. The lowest BCUT2D eigenvalue weighted by Gasteiger charge is -2.36. The second kappa shape index (κ2) is 7.22. The fourth-order valence-corrected chi connectivity index (χ4v) is 2.70. The van der Waals surface area contributed by atoms with E-state index in [1.54, 1.807) is 6.20 Å². The number of piperidine rings is 1. The predicted octanol–water partition coefficient (Wildman–Crippen LogP) is 1.92. The van der Waals surface area contributed by atoms with Crippen LogP contribution in [-0.2, 0) is 6.54 Å². The third kappa shape index (κ3) is 3.76. The van der Waals surface area contributed by atoms with Gasteiger partial charge in [-0.15, -0.1) is 0 Å². The average Bonchev–Trinajstić information content (AvgIpc) is 2.47. The zero-order valence-corrected chi connectivity index (χ0v) is 11.6. The van der Waals surface area contributed by atoms with E-state index in [0.29, 0.717) is 11.7 Å². The molecular formula is C15H22N4. The van der Waals surface area contributed by atoms with Crippen molar-refractivity contribution in [2.24, 2.45) is 0 Å². The molecule has 0 radical (unpaired) electrons. The lowest BCUT2D eigenvalue weighted by atomic mass is 10.0. The van der Waals surface area contributed by atoms with E-state index in [1.807, 2.05) is 12.1 Å². The van der Waals surface area contributed by atoms with Gasteiger partial charge in [-0.1, -0.05) is 19.4 Å². The number of likely N-dealkylation sites (tertiary alicyclic amines) is 1. The number of likely N-dealkylation sites (N-methyl/N-ethyl adjacent to an activating group) is 1. The van der Waals surface area contributed by atoms with Gasteiger partial charge in [0.25, 0.3) is 0 Å². The molecule has 4 heteroatoms. The van der Waals surface area contributed by atoms with Crippen molar-refractivity contribution in [1.82, 2.24) is 15.2 Å². The zero-order chi connectivity index (χ0) is 13.5. The molecule has 1 aromatic heterocycles. The minimum Gasteiger partial charge on any atom is -0.315 e. The van der Waals surface area contributed by atoms with E-state index in [2.05, 4.69) is 28.2 Å². The average molecular weight is 258 g/mol. The number of nitrogens with zero attached hydrogens (tertiary/aromatic N) is 3. The Morgan fingerprint density at radius 2 is 2.42 bits per heavy atom. The van der Waals surface area contributed by atoms with Gasteiger partial charge in [-0.25, -0.2) is 4.98 Å². The summed E-state index contributed by atoms with van der Waals surface area (Å²) in [4.78, 5) is 6.64. The Hall–Kier alpha value is -1.44. The van der Waals surface area contributed by atoms with Crippen LogP contribution in [0.5, 0.6) is 0 Å². The highest BCUT2D eigenvalue weighted by molar-refractivity contribution is 5.30. The molecule has 0 saturated carbocycles. The van der Waals surface area contributed by atoms with Crippen LogP contribution < -0.4 is 5.32 Å². The molecule has 0 aromatic carbocycles. The first-order valence-corrected chi connectivity index (χ1v) is 7.14. The maximum atomic E-state index is 9.11. The van der Waals surface area contributed by atoms with Crippen molar-refractivity contribution in [2.75, 3.05) is 19.6 Å². The van der Waals surface area contributed by atoms with Crippen LogP contribution in [0.1, 0.15) is 37.4 Å². The molecular weight excluding hydrogens is 236 g/mol. The molecule has 1 aliphatic rings. The number of nitrogens with one attached hydrogen (secondary N) is 1. The summed E-state index contributed by atoms with van der Waals surface area (Å²) in [7, 11) is 0. The maximum Gasteiger partial charge on any atom is 0.144 e. The van der Waals surface area contributed by atoms with Gasteiger partial charge in [-0.3, -0.25) is 4.90 Å². The molecule has 1 aromatic rings. The molecule has 0 spiro atoms. The summed E-state index contributed by atoms with van der Waals surface area (Å²) in [6.45, 7) is 6.16. The second-order valence-corrected chi connectivity index (χ2v) is 5.05. The summed E-state index contributed by atoms with van der Waals surface area (Å²) in [6.07, 6.45) is 5.50. The first-order chi connectivity index (χ1) is 9.35. The molecule has 102 valence electrons. The Morgan fingerprint density at radius 1 is 1.53 bits per heavy atom. The maximum absolute atomic E-state index is 9.11. The Morgan fingerprint density at radius 3 is 3.21 bits per heavy atom. The molecule has 1 unspecified atom stereocenters. The Kier molecular flexibility index (Phi) is 5.31. The summed E-state index contributed by atoms with van der Waals surface area (Å²) in [6, 6.07) is 6.71. The van der Waals surface area contributed by atoms with Gasteiger partial charge in [-0.2, -0.15) is 5.26 Å². The van der Waals surface area contributed by atoms with Crippen LogP contribution in [0.2, 0.25) is 0 Å². The predicted molar refractivity (Wildman–Crippen MR) is 75.5 cm³/mol. The standard InChI is InChI=1S/C15H22N4/c1-2-17-11-14-7-3-4-9-19(14)12-13-6-5-8-18-15(13)10-16/h5-6,8,14,17H,2-4,7,9,11-12H2,1H3. The van der Waals surface area contributed by atoms with Crippen molar-refractivity contribution in [3.05, 3.63) is 29.6 Å². The second-order valence-electron chi connectivity index (χ2n) is 5.05. The molecule has 0 bridgehead atoms. The Labute approximate surface area is 115 Å². The molecule has 1 fully saturated rings. The van der Waals surface area contributed by atoms with Crippen LogP contribution in [0.4, 0.5) is 0 Å². The van der Waals surface area contributed by atoms with Crippen LogP contribution in [0, 0.1) is 11.3 Å². The molecule has 0 aliphatic carbocycles. The van der Waals surface area contributed by atoms with E-state index in [9.17, 15) is 0 Å². The van der Waals surface area contributed by atoms with Gasteiger partial charge in [0, 0.05) is 30.9 Å². The highest BCUT2D eigenvalue weighted by Crippen LogP contribution is 2.20. The lowest BCUT2D eigenvalue weighted by molar-refractivity contribution is 0.138. The highest BCUT2D eigenvalue weighted by Gasteiger charge is 2.22.